The van der Waals surface area contributed by atoms with Gasteiger partial charge in [0.25, 0.3) is 0 Å². The Bertz CT molecular complexity index is 76.4. The molecule has 1 aliphatic rings. The first kappa shape index (κ1) is 5.92. The molecule has 1 heteroatoms. The third kappa shape index (κ3) is 1.38. The van der Waals surface area contributed by atoms with E-state index in [0.717, 1.165) is 0 Å². The maximum atomic E-state index is 2.86. The molecule has 0 aromatic carbocycles. The highest BCUT2D eigenvalue weighted by atomic mass is 27.0. The lowest BCUT2D eigenvalue weighted by Gasteiger charge is -1.78. The van der Waals surface area contributed by atoms with E-state index in [0.29, 0.717) is 0 Å². The van der Waals surface area contributed by atoms with Crippen LogP contribution in [0.25, 0.3) is 0 Å². The van der Waals surface area contributed by atoms with Crippen LogP contribution in [0.4, 0.5) is 0 Å². The molecular formula is C5H8Al-. The molecule has 0 nitrogen and oxygen atoms in total. The Morgan fingerprint density at radius 2 is 2.50 bits per heavy atom. The molecule has 0 spiro atoms. The zero-order valence-corrected chi connectivity index (χ0v) is 4.54. The van der Waals surface area contributed by atoms with Gasteiger partial charge in [0.1, 0.15) is 0 Å². The molecule has 0 aromatic heterocycles. The van der Waals surface area contributed by atoms with E-state index in [1.807, 2.05) is 25.0 Å². The van der Waals surface area contributed by atoms with E-state index in [2.05, 4.69) is 5.73 Å². The normalized spacial score (nSPS) is 13.3. The van der Waals surface area contributed by atoms with Crippen LogP contribution in [-0.4, -0.2) is 17.4 Å². The van der Waals surface area contributed by atoms with Gasteiger partial charge in [0, 0.05) is 20.2 Å². The summed E-state index contributed by atoms with van der Waals surface area (Å²) in [6.45, 7) is 0. The van der Waals surface area contributed by atoms with Crippen LogP contribution in [-0.2, 0) is 0 Å². The van der Waals surface area contributed by atoms with Crippen molar-refractivity contribution in [2.75, 3.05) is 0 Å². The van der Waals surface area contributed by atoms with E-state index in [1.54, 1.807) is 0 Å². The molecule has 0 amide bonds. The first-order chi connectivity index (χ1) is 2.50. The second kappa shape index (κ2) is 3.13. The summed E-state index contributed by atoms with van der Waals surface area (Å²) in [5.74, 6) is 0. The van der Waals surface area contributed by atoms with Crippen molar-refractivity contribution in [1.29, 1.82) is 0 Å². The molecule has 0 N–H and O–H groups in total. The molecule has 6 heavy (non-hydrogen) atoms. The van der Waals surface area contributed by atoms with Gasteiger partial charge in [0.2, 0.25) is 0 Å². The van der Waals surface area contributed by atoms with Crippen molar-refractivity contribution < 1.29 is 2.85 Å². The Kier molecular flexibility index (Phi) is 3.09. The standard InChI is InChI=1S/C5H4.Al.2H2/c1-2-4-5-3-1;;;/h1-4H;;2*1H/q-1;;;. The van der Waals surface area contributed by atoms with Gasteiger partial charge in [0.15, 0.2) is 0 Å². The molecule has 1 aliphatic carbocycles. The highest BCUT2D eigenvalue weighted by Gasteiger charge is 1.62. The Morgan fingerprint density at radius 3 is 2.67 bits per heavy atom. The second-order valence-corrected chi connectivity index (χ2v) is 0.885. The van der Waals surface area contributed by atoms with Crippen LogP contribution >= 0.6 is 0 Å². The lowest BCUT2D eigenvalue weighted by molar-refractivity contribution is 1.69. The summed E-state index contributed by atoms with van der Waals surface area (Å²) in [4.78, 5) is 0. The molecule has 32 valence electrons. The van der Waals surface area contributed by atoms with Crippen LogP contribution in [0.15, 0.2) is 17.9 Å². The van der Waals surface area contributed by atoms with Crippen LogP contribution in [0.2, 0.25) is 0 Å². The van der Waals surface area contributed by atoms with Crippen LogP contribution < -0.4 is 0 Å². The molecule has 0 bridgehead atoms. The van der Waals surface area contributed by atoms with Gasteiger partial charge < -0.3 is 5.73 Å². The SMILES string of the molecule is C1=C[CH][CH-]C=1.[Al].[HH].[HH]. The molecule has 0 atom stereocenters. The summed E-state index contributed by atoms with van der Waals surface area (Å²) < 4.78 is 0. The Labute approximate surface area is 51.7 Å². The fraction of sp³-hybridized carbons (Fsp3) is 0. The molecule has 0 saturated carbocycles. The van der Waals surface area contributed by atoms with E-state index in [9.17, 15) is 0 Å². The van der Waals surface area contributed by atoms with Gasteiger partial charge in [-0.15, -0.1) is 0 Å². The highest BCUT2D eigenvalue weighted by molar-refractivity contribution is 5.75. The molecule has 0 fully saturated rings. The molecule has 4 radical (unpaired) electrons. The maximum absolute atomic E-state index is 2.86. The average molecular weight is 95.1 g/mol. The molecule has 0 aromatic rings. The third-order valence-electron chi connectivity index (χ3n) is 0.496. The van der Waals surface area contributed by atoms with Crippen molar-refractivity contribution in [1.82, 2.24) is 0 Å². The minimum Gasteiger partial charge on any atom is -0.354 e. The minimum absolute atomic E-state index is 0. The van der Waals surface area contributed by atoms with Crippen molar-refractivity contribution in [2.45, 2.75) is 0 Å². The topological polar surface area (TPSA) is 0 Å². The number of rotatable bonds is 0. The van der Waals surface area contributed by atoms with Crippen molar-refractivity contribution in [3.8, 4) is 0 Å². The fourth-order valence-electron chi connectivity index (χ4n) is 0.278. The monoisotopic (exact) mass is 95.0 g/mol. The Balaban J connectivity index is -0.0000000833. The van der Waals surface area contributed by atoms with Crippen LogP contribution in [0.1, 0.15) is 2.85 Å². The smallest absolute Gasteiger partial charge is 0 e. The Hall–Kier alpha value is -0.0775. The van der Waals surface area contributed by atoms with E-state index in [4.69, 9.17) is 0 Å². The number of hydrogen-bond donors (Lipinski definition) is 0. The predicted octanol–water partition coefficient (Wildman–Crippen LogP) is 1.23. The zero-order chi connectivity index (χ0) is 3.54. The maximum Gasteiger partial charge on any atom is 0 e. The molecule has 1 rings (SSSR count). The summed E-state index contributed by atoms with van der Waals surface area (Å²) in [7, 11) is 0. The molecule has 0 unspecified atom stereocenters. The van der Waals surface area contributed by atoms with Gasteiger partial charge in [0.05, 0.1) is 0 Å². The number of allylic oxidation sites excluding steroid dienone is 1. The second-order valence-electron chi connectivity index (χ2n) is 0.885. The van der Waals surface area contributed by atoms with Gasteiger partial charge in [-0.2, -0.15) is 6.08 Å². The summed E-state index contributed by atoms with van der Waals surface area (Å²) in [6.07, 6.45) is 7.64. The lowest BCUT2D eigenvalue weighted by atomic mass is 10.4. The van der Waals surface area contributed by atoms with Crippen LogP contribution in [0.5, 0.6) is 0 Å². The summed E-state index contributed by atoms with van der Waals surface area (Å²) in [5.41, 5.74) is 2.86. The van der Waals surface area contributed by atoms with E-state index >= 15 is 0 Å². The first-order valence-corrected chi connectivity index (χ1v) is 1.58. The summed E-state index contributed by atoms with van der Waals surface area (Å²) >= 11 is 0. The average Bonchev–Trinajstić information content (AvgIpc) is 1.76. The largest absolute Gasteiger partial charge is 0.354 e. The summed E-state index contributed by atoms with van der Waals surface area (Å²) in [6, 6.07) is 0. The van der Waals surface area contributed by atoms with Crippen molar-refractivity contribution in [2.24, 2.45) is 0 Å². The predicted molar refractivity (Wildman–Crippen MR) is 31.2 cm³/mol. The summed E-state index contributed by atoms with van der Waals surface area (Å²) in [5, 5.41) is 0. The van der Waals surface area contributed by atoms with Crippen molar-refractivity contribution in [3.63, 3.8) is 0 Å². The van der Waals surface area contributed by atoms with E-state index in [-0.39, 0.29) is 20.2 Å². The third-order valence-corrected chi connectivity index (χ3v) is 0.496. The lowest BCUT2D eigenvalue weighted by Crippen LogP contribution is -1.52. The zero-order valence-electron chi connectivity index (χ0n) is 3.39. The van der Waals surface area contributed by atoms with Gasteiger partial charge in [-0.1, -0.05) is 6.42 Å². The molecular weight excluding hydrogens is 87.0 g/mol. The Morgan fingerprint density at radius 1 is 1.67 bits per heavy atom. The van der Waals surface area contributed by atoms with Gasteiger partial charge >= 0.3 is 0 Å². The van der Waals surface area contributed by atoms with Crippen LogP contribution in [0, 0.1) is 12.8 Å². The molecule has 0 heterocycles. The van der Waals surface area contributed by atoms with E-state index in [1.165, 1.54) is 0 Å². The van der Waals surface area contributed by atoms with Crippen LogP contribution in [0.3, 0.4) is 0 Å². The quantitative estimate of drug-likeness (QED) is 0.241. The fourth-order valence-corrected chi connectivity index (χ4v) is 0.278. The molecule has 0 saturated heterocycles. The highest BCUT2D eigenvalue weighted by Crippen LogP contribution is 1.92. The van der Waals surface area contributed by atoms with Gasteiger partial charge in [-0.3, -0.25) is 0 Å². The van der Waals surface area contributed by atoms with E-state index < -0.39 is 0 Å². The number of hydrogen-bond acceptors (Lipinski definition) is 0. The minimum atomic E-state index is 0. The van der Waals surface area contributed by atoms with Crippen molar-refractivity contribution in [3.05, 3.63) is 30.7 Å². The van der Waals surface area contributed by atoms with Gasteiger partial charge in [-0.25, -0.2) is 12.5 Å². The van der Waals surface area contributed by atoms with Gasteiger partial charge in [-0.05, 0) is 0 Å². The first-order valence-electron chi connectivity index (χ1n) is 1.58. The van der Waals surface area contributed by atoms with Crippen molar-refractivity contribution >= 4 is 17.4 Å². The molecule has 0 aliphatic heterocycles.